The zero-order chi connectivity index (χ0) is 15.2. The van der Waals surface area contributed by atoms with Crippen molar-refractivity contribution in [2.24, 2.45) is 5.92 Å². The van der Waals surface area contributed by atoms with Gasteiger partial charge in [-0.15, -0.1) is 0 Å². The van der Waals surface area contributed by atoms with Crippen molar-refractivity contribution in [2.45, 2.75) is 32.4 Å². The summed E-state index contributed by atoms with van der Waals surface area (Å²) in [5.74, 6) is 1.73. The Bertz CT molecular complexity index is 490. The summed E-state index contributed by atoms with van der Waals surface area (Å²) in [6.07, 6.45) is 1.78. The first-order valence-electron chi connectivity index (χ1n) is 7.36. The number of carbonyl (C=O) groups is 1. The van der Waals surface area contributed by atoms with Gasteiger partial charge in [0.05, 0.1) is 14.2 Å². The average Bonchev–Trinajstić information content (AvgIpc) is 2.52. The fourth-order valence-corrected chi connectivity index (χ4v) is 2.72. The summed E-state index contributed by atoms with van der Waals surface area (Å²) in [5.41, 5.74) is 0.923. The van der Waals surface area contributed by atoms with Crippen molar-refractivity contribution < 1.29 is 14.3 Å². The van der Waals surface area contributed by atoms with Gasteiger partial charge >= 0.3 is 0 Å². The minimum Gasteiger partial charge on any atom is -0.497 e. The summed E-state index contributed by atoms with van der Waals surface area (Å²) in [6.45, 7) is 3.48. The Labute approximate surface area is 126 Å². The van der Waals surface area contributed by atoms with Gasteiger partial charge in [-0.05, 0) is 44.5 Å². The lowest BCUT2D eigenvalue weighted by Crippen LogP contribution is -2.42. The van der Waals surface area contributed by atoms with Crippen molar-refractivity contribution >= 4 is 5.91 Å². The van der Waals surface area contributed by atoms with Crippen LogP contribution in [-0.4, -0.2) is 32.7 Å². The molecular formula is C16H24N2O3. The lowest BCUT2D eigenvalue weighted by molar-refractivity contribution is -0.126. The van der Waals surface area contributed by atoms with E-state index in [-0.39, 0.29) is 11.8 Å². The van der Waals surface area contributed by atoms with Gasteiger partial charge in [-0.3, -0.25) is 4.79 Å². The molecule has 0 radical (unpaired) electrons. The number of benzene rings is 1. The standard InChI is InChI=1S/C16H24N2O3/c1-11-8-12(6-7-17-11)16(19)18-10-13-9-14(20-2)4-5-15(13)21-3/h4-5,9,11-12,17H,6-8,10H2,1-3H3,(H,18,19). The molecule has 116 valence electrons. The van der Waals surface area contributed by atoms with E-state index in [2.05, 4.69) is 17.6 Å². The molecule has 0 aromatic heterocycles. The van der Waals surface area contributed by atoms with Crippen molar-refractivity contribution in [2.75, 3.05) is 20.8 Å². The number of hydrogen-bond donors (Lipinski definition) is 2. The number of nitrogens with one attached hydrogen (secondary N) is 2. The van der Waals surface area contributed by atoms with Crippen molar-refractivity contribution in [1.29, 1.82) is 0 Å². The maximum Gasteiger partial charge on any atom is 0.223 e. The molecule has 1 aliphatic rings. The Balaban J connectivity index is 1.97. The molecule has 1 saturated heterocycles. The van der Waals surface area contributed by atoms with Crippen LogP contribution in [0.4, 0.5) is 0 Å². The van der Waals surface area contributed by atoms with Gasteiger partial charge in [0.1, 0.15) is 11.5 Å². The monoisotopic (exact) mass is 292 g/mol. The minimum absolute atomic E-state index is 0.0952. The third kappa shape index (κ3) is 4.11. The molecule has 0 aliphatic carbocycles. The molecule has 5 heteroatoms. The molecule has 0 bridgehead atoms. The molecule has 2 unspecified atom stereocenters. The number of hydrogen-bond acceptors (Lipinski definition) is 4. The second-order valence-corrected chi connectivity index (χ2v) is 5.47. The Kier molecular flexibility index (Phi) is 5.44. The highest BCUT2D eigenvalue weighted by Crippen LogP contribution is 2.24. The molecule has 1 aromatic rings. The van der Waals surface area contributed by atoms with E-state index in [9.17, 15) is 4.79 Å². The maximum absolute atomic E-state index is 12.3. The third-order valence-corrected chi connectivity index (χ3v) is 3.94. The number of methoxy groups -OCH3 is 2. The highest BCUT2D eigenvalue weighted by atomic mass is 16.5. The molecule has 1 aromatic carbocycles. The van der Waals surface area contributed by atoms with Crippen LogP contribution in [0.15, 0.2) is 18.2 Å². The van der Waals surface area contributed by atoms with Gasteiger partial charge in [-0.1, -0.05) is 0 Å². The number of ether oxygens (including phenoxy) is 2. The van der Waals surface area contributed by atoms with Crippen LogP contribution >= 0.6 is 0 Å². The molecular weight excluding hydrogens is 268 g/mol. The normalized spacial score (nSPS) is 21.7. The van der Waals surface area contributed by atoms with Crippen molar-refractivity contribution in [1.82, 2.24) is 10.6 Å². The molecule has 5 nitrogen and oxygen atoms in total. The molecule has 1 fully saturated rings. The van der Waals surface area contributed by atoms with Crippen LogP contribution < -0.4 is 20.1 Å². The maximum atomic E-state index is 12.3. The first-order valence-corrected chi connectivity index (χ1v) is 7.36. The topological polar surface area (TPSA) is 59.6 Å². The van der Waals surface area contributed by atoms with Crippen molar-refractivity contribution in [3.8, 4) is 11.5 Å². The lowest BCUT2D eigenvalue weighted by Gasteiger charge is -2.27. The fourth-order valence-electron chi connectivity index (χ4n) is 2.72. The molecule has 1 aliphatic heterocycles. The number of amides is 1. The van der Waals surface area contributed by atoms with E-state index in [4.69, 9.17) is 9.47 Å². The van der Waals surface area contributed by atoms with Gasteiger partial charge in [0.15, 0.2) is 0 Å². The molecule has 2 atom stereocenters. The van der Waals surface area contributed by atoms with E-state index in [1.165, 1.54) is 0 Å². The van der Waals surface area contributed by atoms with Gasteiger partial charge in [-0.2, -0.15) is 0 Å². The van der Waals surface area contributed by atoms with Gasteiger partial charge in [-0.25, -0.2) is 0 Å². The minimum atomic E-state index is 0.0952. The van der Waals surface area contributed by atoms with E-state index in [1.807, 2.05) is 18.2 Å². The predicted octanol–water partition coefficient (Wildman–Crippen LogP) is 1.71. The summed E-state index contributed by atoms with van der Waals surface area (Å²) in [7, 11) is 3.25. The van der Waals surface area contributed by atoms with Crippen LogP contribution in [0, 0.1) is 5.92 Å². The van der Waals surface area contributed by atoms with Crippen LogP contribution in [0.2, 0.25) is 0 Å². The molecule has 2 rings (SSSR count). The highest BCUT2D eigenvalue weighted by Gasteiger charge is 2.24. The summed E-state index contributed by atoms with van der Waals surface area (Å²) in [4.78, 5) is 12.3. The van der Waals surface area contributed by atoms with Crippen LogP contribution in [0.5, 0.6) is 11.5 Å². The molecule has 0 saturated carbocycles. The Morgan fingerprint density at radius 1 is 1.38 bits per heavy atom. The number of rotatable bonds is 5. The summed E-state index contributed by atoms with van der Waals surface area (Å²) in [6, 6.07) is 6.00. The van der Waals surface area contributed by atoms with Crippen LogP contribution in [0.3, 0.4) is 0 Å². The smallest absolute Gasteiger partial charge is 0.223 e. The van der Waals surface area contributed by atoms with E-state index in [0.29, 0.717) is 12.6 Å². The Hall–Kier alpha value is -1.75. The van der Waals surface area contributed by atoms with Gasteiger partial charge in [0.25, 0.3) is 0 Å². The first kappa shape index (κ1) is 15.6. The Morgan fingerprint density at radius 3 is 2.86 bits per heavy atom. The number of piperidine rings is 1. The van der Waals surface area contributed by atoms with Crippen molar-refractivity contribution in [3.05, 3.63) is 23.8 Å². The highest BCUT2D eigenvalue weighted by molar-refractivity contribution is 5.78. The second-order valence-electron chi connectivity index (χ2n) is 5.47. The van der Waals surface area contributed by atoms with E-state index >= 15 is 0 Å². The summed E-state index contributed by atoms with van der Waals surface area (Å²) < 4.78 is 10.5. The van der Waals surface area contributed by atoms with Crippen LogP contribution in [-0.2, 0) is 11.3 Å². The zero-order valence-electron chi connectivity index (χ0n) is 12.9. The first-order chi connectivity index (χ1) is 10.1. The average molecular weight is 292 g/mol. The van der Waals surface area contributed by atoms with Gasteiger partial charge in [0, 0.05) is 24.1 Å². The van der Waals surface area contributed by atoms with E-state index in [0.717, 1.165) is 36.4 Å². The van der Waals surface area contributed by atoms with Crippen molar-refractivity contribution in [3.63, 3.8) is 0 Å². The number of carbonyl (C=O) groups excluding carboxylic acids is 1. The largest absolute Gasteiger partial charge is 0.497 e. The summed E-state index contributed by atoms with van der Waals surface area (Å²) in [5, 5.41) is 6.37. The molecule has 1 heterocycles. The molecule has 2 N–H and O–H groups in total. The van der Waals surface area contributed by atoms with Crippen LogP contribution in [0.25, 0.3) is 0 Å². The molecule has 0 spiro atoms. The fraction of sp³-hybridized carbons (Fsp3) is 0.562. The van der Waals surface area contributed by atoms with E-state index in [1.54, 1.807) is 14.2 Å². The van der Waals surface area contributed by atoms with Gasteiger partial charge < -0.3 is 20.1 Å². The molecule has 21 heavy (non-hydrogen) atoms. The predicted molar refractivity (Wildman–Crippen MR) is 81.6 cm³/mol. The van der Waals surface area contributed by atoms with Crippen LogP contribution in [0.1, 0.15) is 25.3 Å². The summed E-state index contributed by atoms with van der Waals surface area (Å²) >= 11 is 0. The Morgan fingerprint density at radius 2 is 2.19 bits per heavy atom. The third-order valence-electron chi connectivity index (χ3n) is 3.94. The zero-order valence-corrected chi connectivity index (χ0v) is 12.9. The molecule has 1 amide bonds. The quantitative estimate of drug-likeness (QED) is 0.867. The van der Waals surface area contributed by atoms with E-state index < -0.39 is 0 Å². The SMILES string of the molecule is COc1ccc(OC)c(CNC(=O)C2CCNC(C)C2)c1. The van der Waals surface area contributed by atoms with Gasteiger partial charge in [0.2, 0.25) is 5.91 Å². The lowest BCUT2D eigenvalue weighted by atomic mass is 9.92. The second kappa shape index (κ2) is 7.31.